The Bertz CT molecular complexity index is 710. The first-order valence-electron chi connectivity index (χ1n) is 5.69. The fourth-order valence-electron chi connectivity index (χ4n) is 1.54. The third-order valence-corrected chi connectivity index (χ3v) is 3.58. The summed E-state index contributed by atoms with van der Waals surface area (Å²) in [6.45, 7) is 1.75. The van der Waals surface area contributed by atoms with Gasteiger partial charge in [0.25, 0.3) is 0 Å². The summed E-state index contributed by atoms with van der Waals surface area (Å²) in [7, 11) is 0. The van der Waals surface area contributed by atoms with Crippen molar-refractivity contribution in [2.75, 3.05) is 0 Å². The van der Waals surface area contributed by atoms with Crippen molar-refractivity contribution in [1.82, 2.24) is 30.3 Å². The summed E-state index contributed by atoms with van der Waals surface area (Å²) < 4.78 is 6.55. The minimum atomic E-state index is 0.533. The van der Waals surface area contributed by atoms with Crippen molar-refractivity contribution in [2.24, 2.45) is 0 Å². The van der Waals surface area contributed by atoms with Gasteiger partial charge in [-0.05, 0) is 34.7 Å². The predicted molar refractivity (Wildman–Crippen MR) is 72.8 cm³/mol. The summed E-state index contributed by atoms with van der Waals surface area (Å²) in [5.74, 6) is 1.68. The molecular weight excluding hydrogens is 300 g/mol. The van der Waals surface area contributed by atoms with Crippen LogP contribution in [-0.4, -0.2) is 30.3 Å². The number of rotatable bonds is 4. The van der Waals surface area contributed by atoms with Gasteiger partial charge in [-0.2, -0.15) is 9.67 Å². The quantitative estimate of drug-likeness (QED) is 0.684. The van der Waals surface area contributed by atoms with Gasteiger partial charge in [0.15, 0.2) is 5.82 Å². The minimum absolute atomic E-state index is 0.533. The van der Waals surface area contributed by atoms with Crippen LogP contribution in [0.1, 0.15) is 11.7 Å². The van der Waals surface area contributed by atoms with Crippen LogP contribution >= 0.6 is 23.4 Å². The van der Waals surface area contributed by atoms with E-state index in [1.807, 2.05) is 12.1 Å². The summed E-state index contributed by atoms with van der Waals surface area (Å²) in [6, 6.07) is 7.27. The molecule has 0 amide bonds. The highest BCUT2D eigenvalue weighted by atomic mass is 35.5. The van der Waals surface area contributed by atoms with Crippen molar-refractivity contribution in [2.45, 2.75) is 17.8 Å². The lowest BCUT2D eigenvalue weighted by Crippen LogP contribution is -1.99. The van der Waals surface area contributed by atoms with E-state index in [0.29, 0.717) is 27.6 Å². The minimum Gasteiger partial charge on any atom is -0.340 e. The van der Waals surface area contributed by atoms with Gasteiger partial charge in [0.05, 0.1) is 11.4 Å². The molecule has 102 valence electrons. The van der Waals surface area contributed by atoms with E-state index in [4.69, 9.17) is 16.1 Å². The smallest absolute Gasteiger partial charge is 0.223 e. The van der Waals surface area contributed by atoms with Gasteiger partial charge < -0.3 is 4.52 Å². The van der Waals surface area contributed by atoms with Crippen LogP contribution < -0.4 is 0 Å². The fraction of sp³-hybridized carbons (Fsp3) is 0.182. The molecule has 9 heteroatoms. The highest BCUT2D eigenvalue weighted by Crippen LogP contribution is 2.22. The fourth-order valence-corrected chi connectivity index (χ4v) is 2.40. The SMILES string of the molecule is Cc1nc(CSc2nnnn2-c2ccc(Cl)cc2)no1. The summed E-state index contributed by atoms with van der Waals surface area (Å²) in [5, 5.41) is 16.8. The molecule has 2 aromatic heterocycles. The van der Waals surface area contributed by atoms with Crippen LogP contribution in [0.3, 0.4) is 0 Å². The summed E-state index contributed by atoms with van der Waals surface area (Å²) in [5.41, 5.74) is 0.839. The van der Waals surface area contributed by atoms with Gasteiger partial charge in [0, 0.05) is 11.9 Å². The first-order chi connectivity index (χ1) is 9.72. The van der Waals surface area contributed by atoms with Crippen LogP contribution in [0.2, 0.25) is 5.02 Å². The zero-order chi connectivity index (χ0) is 13.9. The number of hydrogen-bond donors (Lipinski definition) is 0. The molecule has 0 N–H and O–H groups in total. The Kier molecular flexibility index (Phi) is 3.66. The van der Waals surface area contributed by atoms with Gasteiger partial charge in [0.1, 0.15) is 0 Å². The third-order valence-electron chi connectivity index (χ3n) is 2.41. The Labute approximate surface area is 123 Å². The molecule has 20 heavy (non-hydrogen) atoms. The first kappa shape index (κ1) is 13.1. The molecule has 1 aromatic carbocycles. The largest absolute Gasteiger partial charge is 0.340 e. The lowest BCUT2D eigenvalue weighted by Gasteiger charge is -2.02. The van der Waals surface area contributed by atoms with Gasteiger partial charge in [-0.25, -0.2) is 0 Å². The van der Waals surface area contributed by atoms with Crippen LogP contribution in [0.15, 0.2) is 33.9 Å². The average Bonchev–Trinajstić information content (AvgIpc) is 3.06. The van der Waals surface area contributed by atoms with Gasteiger partial charge >= 0.3 is 0 Å². The molecular formula is C11H9ClN6OS. The number of aryl methyl sites for hydroxylation is 1. The third kappa shape index (κ3) is 2.81. The van der Waals surface area contributed by atoms with Crippen LogP contribution in [0.4, 0.5) is 0 Å². The van der Waals surface area contributed by atoms with Gasteiger partial charge in [-0.3, -0.25) is 0 Å². The van der Waals surface area contributed by atoms with Crippen LogP contribution in [-0.2, 0) is 5.75 Å². The van der Waals surface area contributed by atoms with Crippen molar-refractivity contribution in [3.05, 3.63) is 41.0 Å². The number of hydrogen-bond acceptors (Lipinski definition) is 7. The number of aromatic nitrogens is 6. The van der Waals surface area contributed by atoms with E-state index in [1.54, 1.807) is 23.7 Å². The lowest BCUT2D eigenvalue weighted by molar-refractivity contribution is 0.389. The molecule has 0 unspecified atom stereocenters. The maximum atomic E-state index is 5.86. The van der Waals surface area contributed by atoms with E-state index in [2.05, 4.69) is 25.7 Å². The molecule has 7 nitrogen and oxygen atoms in total. The molecule has 0 spiro atoms. The number of tetrazole rings is 1. The molecule has 0 bridgehead atoms. The molecule has 0 fully saturated rings. The van der Waals surface area contributed by atoms with Crippen molar-refractivity contribution in [3.63, 3.8) is 0 Å². The second-order valence-corrected chi connectivity index (χ2v) is 5.25. The molecule has 0 atom stereocenters. The molecule has 0 saturated carbocycles. The Balaban J connectivity index is 1.78. The van der Waals surface area contributed by atoms with Crippen LogP contribution in [0, 0.1) is 6.92 Å². The van der Waals surface area contributed by atoms with Gasteiger partial charge in [0.2, 0.25) is 11.0 Å². The Morgan fingerprint density at radius 1 is 1.30 bits per heavy atom. The molecule has 2 heterocycles. The van der Waals surface area contributed by atoms with Gasteiger partial charge in [-0.1, -0.05) is 28.5 Å². The maximum Gasteiger partial charge on any atom is 0.223 e. The number of benzene rings is 1. The van der Waals surface area contributed by atoms with E-state index in [-0.39, 0.29) is 0 Å². The van der Waals surface area contributed by atoms with Crippen molar-refractivity contribution in [1.29, 1.82) is 0 Å². The predicted octanol–water partition coefficient (Wildman–Crippen LogP) is 2.30. The molecule has 0 radical (unpaired) electrons. The molecule has 0 aliphatic rings. The average molecular weight is 309 g/mol. The summed E-state index contributed by atoms with van der Waals surface area (Å²) in [6.07, 6.45) is 0. The van der Waals surface area contributed by atoms with E-state index in [0.717, 1.165) is 5.69 Å². The van der Waals surface area contributed by atoms with E-state index < -0.39 is 0 Å². The monoisotopic (exact) mass is 308 g/mol. The molecule has 0 saturated heterocycles. The maximum absolute atomic E-state index is 5.86. The Morgan fingerprint density at radius 3 is 2.80 bits per heavy atom. The van der Waals surface area contributed by atoms with Crippen molar-refractivity contribution in [3.8, 4) is 5.69 Å². The molecule has 0 aliphatic carbocycles. The van der Waals surface area contributed by atoms with Crippen molar-refractivity contribution < 1.29 is 4.52 Å². The number of halogens is 1. The summed E-state index contributed by atoms with van der Waals surface area (Å²) in [4.78, 5) is 4.13. The molecule has 3 aromatic rings. The normalized spacial score (nSPS) is 10.9. The molecule has 0 aliphatic heterocycles. The zero-order valence-electron chi connectivity index (χ0n) is 10.4. The zero-order valence-corrected chi connectivity index (χ0v) is 12.0. The van der Waals surface area contributed by atoms with Crippen LogP contribution in [0.5, 0.6) is 0 Å². The van der Waals surface area contributed by atoms with Gasteiger partial charge in [-0.15, -0.1) is 5.10 Å². The first-order valence-corrected chi connectivity index (χ1v) is 7.05. The second kappa shape index (κ2) is 5.59. The van der Waals surface area contributed by atoms with E-state index in [1.165, 1.54) is 11.8 Å². The van der Waals surface area contributed by atoms with E-state index in [9.17, 15) is 0 Å². The highest BCUT2D eigenvalue weighted by molar-refractivity contribution is 7.98. The Hall–Kier alpha value is -1.93. The highest BCUT2D eigenvalue weighted by Gasteiger charge is 2.11. The summed E-state index contributed by atoms with van der Waals surface area (Å²) >= 11 is 7.29. The Morgan fingerprint density at radius 2 is 2.10 bits per heavy atom. The second-order valence-electron chi connectivity index (χ2n) is 3.87. The number of nitrogens with zero attached hydrogens (tertiary/aromatic N) is 6. The lowest BCUT2D eigenvalue weighted by atomic mass is 10.3. The topological polar surface area (TPSA) is 82.5 Å². The van der Waals surface area contributed by atoms with Crippen LogP contribution in [0.25, 0.3) is 5.69 Å². The standard InChI is InChI=1S/C11H9ClN6OS/c1-7-13-10(15-19-7)6-20-11-14-16-17-18(11)9-4-2-8(12)3-5-9/h2-5H,6H2,1H3. The molecule has 3 rings (SSSR count). The van der Waals surface area contributed by atoms with Crippen molar-refractivity contribution >= 4 is 23.4 Å². The van der Waals surface area contributed by atoms with E-state index >= 15 is 0 Å². The number of thioether (sulfide) groups is 1.